The summed E-state index contributed by atoms with van der Waals surface area (Å²) >= 11 is 0. The maximum atomic E-state index is 5.70. The molecule has 1 atom stereocenters. The van der Waals surface area contributed by atoms with Crippen LogP contribution in [-0.4, -0.2) is 11.8 Å². The van der Waals surface area contributed by atoms with Crippen LogP contribution in [0, 0.1) is 13.8 Å². The highest BCUT2D eigenvalue weighted by Gasteiger charge is 2.20. The van der Waals surface area contributed by atoms with E-state index in [-0.39, 0.29) is 12.8 Å². The first kappa shape index (κ1) is 17.6. The van der Waals surface area contributed by atoms with Crippen molar-refractivity contribution in [1.82, 2.24) is 10.3 Å². The number of pyridine rings is 1. The maximum absolute atomic E-state index is 5.70. The van der Waals surface area contributed by atoms with Crippen molar-refractivity contribution in [1.29, 1.82) is 0 Å². The van der Waals surface area contributed by atoms with Crippen molar-refractivity contribution in [2.24, 2.45) is 0 Å². The fraction of sp³-hybridized carbons (Fsp3) is 0.261. The van der Waals surface area contributed by atoms with Gasteiger partial charge in [-0.3, -0.25) is 4.98 Å². The molecule has 1 aliphatic rings. The molecule has 4 rings (SSSR count). The summed E-state index contributed by atoms with van der Waals surface area (Å²) in [6, 6.07) is 14.9. The fourth-order valence-corrected chi connectivity index (χ4v) is 3.80. The number of hydrogen-bond donors (Lipinski definition) is 1. The Hall–Kier alpha value is -2.85. The van der Waals surface area contributed by atoms with Gasteiger partial charge in [-0.05, 0) is 72.9 Å². The zero-order valence-electron chi connectivity index (χ0n) is 16.0. The summed E-state index contributed by atoms with van der Waals surface area (Å²) in [5.41, 5.74) is 7.30. The summed E-state index contributed by atoms with van der Waals surface area (Å²) in [5.74, 6) is 1.62. The summed E-state index contributed by atoms with van der Waals surface area (Å²) in [5, 5.41) is 3.66. The van der Waals surface area contributed by atoms with Gasteiger partial charge in [0.05, 0.1) is 0 Å². The molecule has 0 radical (unpaired) electrons. The van der Waals surface area contributed by atoms with Crippen molar-refractivity contribution in [2.45, 2.75) is 33.4 Å². The van der Waals surface area contributed by atoms with Crippen LogP contribution in [0.15, 0.2) is 54.9 Å². The molecule has 0 aliphatic carbocycles. The number of ether oxygens (including phenoxy) is 2. The number of benzene rings is 2. The van der Waals surface area contributed by atoms with Crippen LogP contribution < -0.4 is 14.8 Å². The molecule has 1 aromatic heterocycles. The zero-order chi connectivity index (χ0) is 18.8. The number of aryl methyl sites for hydroxylation is 2. The minimum absolute atomic E-state index is 0.265. The Kier molecular flexibility index (Phi) is 4.82. The Morgan fingerprint density at radius 3 is 2.52 bits per heavy atom. The second kappa shape index (κ2) is 7.41. The molecule has 4 nitrogen and oxygen atoms in total. The van der Waals surface area contributed by atoms with Crippen LogP contribution in [0.25, 0.3) is 11.1 Å². The van der Waals surface area contributed by atoms with Gasteiger partial charge in [0.1, 0.15) is 0 Å². The standard InChI is InChI=1S/C23H24N2O2/c1-15-5-4-6-16(2)22(15)17(3)25-13-18-11-20(19-7-9-24-10-8-19)23-21(12-18)26-14-27-23/h4-12,17,25H,13-14H2,1-3H3. The van der Waals surface area contributed by atoms with Crippen LogP contribution >= 0.6 is 0 Å². The second-order valence-electron chi connectivity index (χ2n) is 7.02. The van der Waals surface area contributed by atoms with E-state index in [0.717, 1.165) is 29.2 Å². The molecule has 3 aromatic rings. The molecule has 0 saturated heterocycles. The second-order valence-corrected chi connectivity index (χ2v) is 7.02. The van der Waals surface area contributed by atoms with E-state index in [9.17, 15) is 0 Å². The van der Waals surface area contributed by atoms with Gasteiger partial charge in [0.2, 0.25) is 6.79 Å². The van der Waals surface area contributed by atoms with Gasteiger partial charge in [-0.1, -0.05) is 18.2 Å². The molecule has 0 bridgehead atoms. The van der Waals surface area contributed by atoms with E-state index in [1.807, 2.05) is 12.1 Å². The van der Waals surface area contributed by atoms with E-state index in [4.69, 9.17) is 9.47 Å². The Balaban J connectivity index is 1.60. The Labute approximate surface area is 160 Å². The summed E-state index contributed by atoms with van der Waals surface area (Å²) in [6.07, 6.45) is 3.59. The highest BCUT2D eigenvalue weighted by molar-refractivity contribution is 5.75. The molecule has 2 aromatic carbocycles. The molecule has 138 valence electrons. The third-order valence-corrected chi connectivity index (χ3v) is 5.11. The highest BCUT2D eigenvalue weighted by Crippen LogP contribution is 2.42. The monoisotopic (exact) mass is 360 g/mol. The fourth-order valence-electron chi connectivity index (χ4n) is 3.80. The van der Waals surface area contributed by atoms with Gasteiger partial charge in [0, 0.05) is 30.5 Å². The zero-order valence-corrected chi connectivity index (χ0v) is 16.0. The predicted molar refractivity (Wildman–Crippen MR) is 107 cm³/mol. The molecular weight excluding hydrogens is 336 g/mol. The van der Waals surface area contributed by atoms with Gasteiger partial charge in [0.15, 0.2) is 11.5 Å². The summed E-state index contributed by atoms with van der Waals surface area (Å²) in [6.45, 7) is 7.57. The first-order valence-electron chi connectivity index (χ1n) is 9.26. The average Bonchev–Trinajstić information content (AvgIpc) is 3.15. The smallest absolute Gasteiger partial charge is 0.231 e. The molecule has 2 heterocycles. The van der Waals surface area contributed by atoms with Crippen molar-refractivity contribution in [3.8, 4) is 22.6 Å². The normalized spacial score (nSPS) is 13.6. The van der Waals surface area contributed by atoms with Crippen molar-refractivity contribution in [3.63, 3.8) is 0 Å². The van der Waals surface area contributed by atoms with E-state index in [1.165, 1.54) is 22.3 Å². The topological polar surface area (TPSA) is 43.4 Å². The Bertz CT molecular complexity index is 934. The van der Waals surface area contributed by atoms with E-state index < -0.39 is 0 Å². The number of rotatable bonds is 5. The SMILES string of the molecule is Cc1cccc(C)c1C(C)NCc1cc2c(c(-c3ccncc3)c1)OCO2. The highest BCUT2D eigenvalue weighted by atomic mass is 16.7. The number of hydrogen-bond acceptors (Lipinski definition) is 4. The van der Waals surface area contributed by atoms with E-state index >= 15 is 0 Å². The average molecular weight is 360 g/mol. The lowest BCUT2D eigenvalue weighted by Crippen LogP contribution is -2.20. The van der Waals surface area contributed by atoms with Gasteiger partial charge in [-0.25, -0.2) is 0 Å². The quantitative estimate of drug-likeness (QED) is 0.699. The number of nitrogens with one attached hydrogen (secondary N) is 1. The first-order valence-corrected chi connectivity index (χ1v) is 9.26. The van der Waals surface area contributed by atoms with Gasteiger partial charge < -0.3 is 14.8 Å². The van der Waals surface area contributed by atoms with E-state index in [1.54, 1.807) is 12.4 Å². The lowest BCUT2D eigenvalue weighted by molar-refractivity contribution is 0.174. The molecule has 4 heteroatoms. The molecule has 1 aliphatic heterocycles. The lowest BCUT2D eigenvalue weighted by Gasteiger charge is -2.19. The van der Waals surface area contributed by atoms with Gasteiger partial charge in [-0.2, -0.15) is 0 Å². The van der Waals surface area contributed by atoms with E-state index in [0.29, 0.717) is 0 Å². The Morgan fingerprint density at radius 1 is 1.04 bits per heavy atom. The molecule has 0 fully saturated rings. The van der Waals surface area contributed by atoms with Gasteiger partial charge in [-0.15, -0.1) is 0 Å². The predicted octanol–water partition coefficient (Wildman–Crippen LogP) is 4.94. The van der Waals surface area contributed by atoms with Crippen LogP contribution in [0.3, 0.4) is 0 Å². The molecule has 0 amide bonds. The maximum Gasteiger partial charge on any atom is 0.231 e. The summed E-state index contributed by atoms with van der Waals surface area (Å²) < 4.78 is 11.4. The molecule has 1 N–H and O–H groups in total. The van der Waals surface area contributed by atoms with Crippen LogP contribution in [0.5, 0.6) is 11.5 Å². The third-order valence-electron chi connectivity index (χ3n) is 5.11. The third kappa shape index (κ3) is 3.53. The summed E-state index contributed by atoms with van der Waals surface area (Å²) in [7, 11) is 0. The van der Waals surface area contributed by atoms with Gasteiger partial charge >= 0.3 is 0 Å². The minimum atomic E-state index is 0.265. The molecule has 0 spiro atoms. The van der Waals surface area contributed by atoms with Gasteiger partial charge in [0.25, 0.3) is 0 Å². The van der Waals surface area contributed by atoms with Crippen LogP contribution in [-0.2, 0) is 6.54 Å². The molecule has 1 unspecified atom stereocenters. The van der Waals surface area contributed by atoms with Crippen LogP contribution in [0.4, 0.5) is 0 Å². The lowest BCUT2D eigenvalue weighted by atomic mass is 9.96. The van der Waals surface area contributed by atoms with Crippen LogP contribution in [0.1, 0.15) is 35.2 Å². The molecule has 0 saturated carbocycles. The minimum Gasteiger partial charge on any atom is -0.454 e. The molecule has 27 heavy (non-hydrogen) atoms. The van der Waals surface area contributed by atoms with Crippen molar-refractivity contribution in [2.75, 3.05) is 6.79 Å². The largest absolute Gasteiger partial charge is 0.454 e. The Morgan fingerprint density at radius 2 is 1.78 bits per heavy atom. The van der Waals surface area contributed by atoms with Crippen LogP contribution in [0.2, 0.25) is 0 Å². The first-order chi connectivity index (χ1) is 13.1. The van der Waals surface area contributed by atoms with Crippen molar-refractivity contribution >= 4 is 0 Å². The summed E-state index contributed by atoms with van der Waals surface area (Å²) in [4.78, 5) is 4.11. The molecular formula is C23H24N2O2. The van der Waals surface area contributed by atoms with Crippen molar-refractivity contribution in [3.05, 3.63) is 77.1 Å². The number of fused-ring (bicyclic) bond motifs is 1. The van der Waals surface area contributed by atoms with E-state index in [2.05, 4.69) is 61.4 Å². The number of aromatic nitrogens is 1. The number of nitrogens with zero attached hydrogens (tertiary/aromatic N) is 1. The van der Waals surface area contributed by atoms with Crippen molar-refractivity contribution < 1.29 is 9.47 Å².